The first kappa shape index (κ1) is 17.1. The van der Waals surface area contributed by atoms with Gasteiger partial charge in [-0.2, -0.15) is 0 Å². The number of nitrogen functional groups attached to an aromatic ring is 1. The van der Waals surface area contributed by atoms with Gasteiger partial charge in [-0.15, -0.1) is 0 Å². The molecular formula is C21H20FN5O. The topological polar surface area (TPSA) is 80.1 Å². The fourth-order valence-electron chi connectivity index (χ4n) is 3.71. The van der Waals surface area contributed by atoms with Gasteiger partial charge in [-0.25, -0.2) is 9.37 Å². The largest absolute Gasteiger partial charge is 0.397 e. The van der Waals surface area contributed by atoms with Gasteiger partial charge in [0.05, 0.1) is 46.4 Å². The van der Waals surface area contributed by atoms with E-state index >= 15 is 0 Å². The smallest absolute Gasteiger partial charge is 0.142 e. The summed E-state index contributed by atoms with van der Waals surface area (Å²) in [5.74, 6) is 0.210. The number of ether oxygens (including phenoxy) is 1. The molecule has 1 fully saturated rings. The van der Waals surface area contributed by atoms with E-state index in [0.717, 1.165) is 43.9 Å². The molecular weight excluding hydrogens is 357 g/mol. The second kappa shape index (κ2) is 6.85. The molecule has 1 aliphatic rings. The normalized spacial score (nSPS) is 15.5. The van der Waals surface area contributed by atoms with Crippen LogP contribution in [0.15, 0.2) is 42.6 Å². The lowest BCUT2D eigenvalue weighted by atomic mass is 10.1. The number of nitrogens with one attached hydrogen (secondary N) is 1. The van der Waals surface area contributed by atoms with Gasteiger partial charge in [0.1, 0.15) is 11.6 Å². The van der Waals surface area contributed by atoms with Crippen molar-refractivity contribution >= 4 is 27.6 Å². The lowest BCUT2D eigenvalue weighted by Gasteiger charge is -2.26. The maximum atomic E-state index is 14.3. The number of pyridine rings is 1. The third-order valence-electron chi connectivity index (χ3n) is 5.20. The van der Waals surface area contributed by atoms with Gasteiger partial charge in [0.2, 0.25) is 0 Å². The number of anilines is 1. The number of aromatic nitrogens is 3. The molecule has 0 spiro atoms. The first-order valence-corrected chi connectivity index (χ1v) is 9.31. The van der Waals surface area contributed by atoms with Crippen molar-refractivity contribution in [3.8, 4) is 11.4 Å². The average molecular weight is 377 g/mol. The van der Waals surface area contributed by atoms with E-state index in [1.165, 1.54) is 11.6 Å². The number of hydrogen-bond donors (Lipinski definition) is 2. The zero-order valence-corrected chi connectivity index (χ0v) is 15.3. The van der Waals surface area contributed by atoms with Gasteiger partial charge in [-0.05, 0) is 29.8 Å². The Hall–Kier alpha value is -3.03. The van der Waals surface area contributed by atoms with E-state index < -0.39 is 0 Å². The molecule has 6 nitrogen and oxygen atoms in total. The summed E-state index contributed by atoms with van der Waals surface area (Å²) in [6.07, 6.45) is 1.64. The Labute approximate surface area is 161 Å². The first-order chi connectivity index (χ1) is 13.7. The van der Waals surface area contributed by atoms with Crippen molar-refractivity contribution in [3.63, 3.8) is 0 Å². The fraction of sp³-hybridized carbons (Fsp3) is 0.238. The molecule has 3 heterocycles. The summed E-state index contributed by atoms with van der Waals surface area (Å²) >= 11 is 0. The number of nitrogens with zero attached hydrogens (tertiary/aromatic N) is 3. The molecule has 1 saturated heterocycles. The summed E-state index contributed by atoms with van der Waals surface area (Å²) in [5, 5.41) is 0.327. The van der Waals surface area contributed by atoms with Gasteiger partial charge in [-0.3, -0.25) is 9.88 Å². The number of imidazole rings is 1. The summed E-state index contributed by atoms with van der Waals surface area (Å²) in [5.41, 5.74) is 10.7. The molecule has 0 radical (unpaired) electrons. The number of aromatic amines is 1. The standard InChI is InChI=1S/C21H20FN5O/c22-15-2-1-3-17-19(15)20(23)14(11-24-17)21-25-16-5-4-13(10-18(16)26-21)12-27-6-8-28-9-7-27/h1-5,10-11H,6-9,12H2,(H2,23,24)(H,25,26). The average Bonchev–Trinajstić information content (AvgIpc) is 3.12. The molecule has 3 N–H and O–H groups in total. The van der Waals surface area contributed by atoms with Crippen LogP contribution in [-0.2, 0) is 11.3 Å². The number of hydrogen-bond acceptors (Lipinski definition) is 5. The zero-order valence-electron chi connectivity index (χ0n) is 15.3. The molecule has 5 rings (SSSR count). The maximum Gasteiger partial charge on any atom is 0.142 e. The Morgan fingerprint density at radius 2 is 2.00 bits per heavy atom. The van der Waals surface area contributed by atoms with Crippen LogP contribution in [0.25, 0.3) is 33.3 Å². The van der Waals surface area contributed by atoms with Crippen molar-refractivity contribution in [2.75, 3.05) is 32.0 Å². The molecule has 142 valence electrons. The predicted molar refractivity (Wildman–Crippen MR) is 107 cm³/mol. The van der Waals surface area contributed by atoms with Crippen LogP contribution in [0.3, 0.4) is 0 Å². The molecule has 0 atom stereocenters. The number of halogens is 1. The molecule has 28 heavy (non-hydrogen) atoms. The van der Waals surface area contributed by atoms with Crippen LogP contribution in [0.4, 0.5) is 10.1 Å². The quantitative estimate of drug-likeness (QED) is 0.572. The minimum absolute atomic E-state index is 0.327. The number of rotatable bonds is 3. The van der Waals surface area contributed by atoms with Crippen LogP contribution in [0, 0.1) is 5.82 Å². The number of H-pyrrole nitrogens is 1. The number of benzene rings is 2. The second-order valence-electron chi connectivity index (χ2n) is 7.04. The van der Waals surface area contributed by atoms with Crippen LogP contribution in [0.2, 0.25) is 0 Å². The molecule has 0 unspecified atom stereocenters. The molecule has 7 heteroatoms. The van der Waals surface area contributed by atoms with Crippen molar-refractivity contribution in [2.24, 2.45) is 0 Å². The van der Waals surface area contributed by atoms with Crippen LogP contribution in [0.5, 0.6) is 0 Å². The molecule has 0 aliphatic carbocycles. The molecule has 2 aromatic carbocycles. The van der Waals surface area contributed by atoms with Crippen LogP contribution in [0.1, 0.15) is 5.56 Å². The van der Waals surface area contributed by atoms with Crippen molar-refractivity contribution in [1.82, 2.24) is 19.9 Å². The minimum atomic E-state index is -0.381. The summed E-state index contributed by atoms with van der Waals surface area (Å²) in [6.45, 7) is 4.31. The summed E-state index contributed by atoms with van der Waals surface area (Å²) in [7, 11) is 0. The number of nitrogens with two attached hydrogens (primary N) is 1. The van der Waals surface area contributed by atoms with Gasteiger partial charge in [0.15, 0.2) is 0 Å². The Morgan fingerprint density at radius 3 is 2.86 bits per heavy atom. The van der Waals surface area contributed by atoms with E-state index in [1.54, 1.807) is 18.3 Å². The molecule has 1 aliphatic heterocycles. The van der Waals surface area contributed by atoms with Gasteiger partial charge in [-0.1, -0.05) is 12.1 Å². The highest BCUT2D eigenvalue weighted by Gasteiger charge is 2.15. The van der Waals surface area contributed by atoms with E-state index in [4.69, 9.17) is 10.5 Å². The predicted octanol–water partition coefficient (Wildman–Crippen LogP) is 3.33. The van der Waals surface area contributed by atoms with Crippen LogP contribution >= 0.6 is 0 Å². The SMILES string of the molecule is Nc1c(-c2nc3ccc(CN4CCOCC4)cc3[nH]2)cnc2cccc(F)c12. The van der Waals surface area contributed by atoms with E-state index in [2.05, 4.69) is 32.0 Å². The minimum Gasteiger partial charge on any atom is -0.397 e. The van der Waals surface area contributed by atoms with Crippen molar-refractivity contribution in [1.29, 1.82) is 0 Å². The molecule has 0 amide bonds. The van der Waals surface area contributed by atoms with Crippen molar-refractivity contribution in [3.05, 3.63) is 54.0 Å². The second-order valence-corrected chi connectivity index (χ2v) is 7.04. The van der Waals surface area contributed by atoms with Gasteiger partial charge in [0, 0.05) is 25.8 Å². The van der Waals surface area contributed by atoms with E-state index in [-0.39, 0.29) is 5.82 Å². The van der Waals surface area contributed by atoms with Crippen molar-refractivity contribution in [2.45, 2.75) is 6.54 Å². The summed E-state index contributed by atoms with van der Waals surface area (Å²) in [4.78, 5) is 14.7. The molecule has 0 saturated carbocycles. The fourth-order valence-corrected chi connectivity index (χ4v) is 3.71. The summed E-state index contributed by atoms with van der Waals surface area (Å²) in [6, 6.07) is 10.9. The zero-order chi connectivity index (χ0) is 19.1. The maximum absolute atomic E-state index is 14.3. The molecule has 4 aromatic rings. The van der Waals surface area contributed by atoms with Gasteiger partial charge in [0.25, 0.3) is 0 Å². The third-order valence-corrected chi connectivity index (χ3v) is 5.20. The third kappa shape index (κ3) is 2.98. The lowest BCUT2D eigenvalue weighted by Crippen LogP contribution is -2.35. The number of morpholine rings is 1. The lowest BCUT2D eigenvalue weighted by molar-refractivity contribution is 0.0342. The van der Waals surface area contributed by atoms with Crippen LogP contribution < -0.4 is 5.73 Å². The van der Waals surface area contributed by atoms with Gasteiger partial charge >= 0.3 is 0 Å². The monoisotopic (exact) mass is 377 g/mol. The van der Waals surface area contributed by atoms with Gasteiger partial charge < -0.3 is 15.5 Å². The van der Waals surface area contributed by atoms with Crippen molar-refractivity contribution < 1.29 is 9.13 Å². The highest BCUT2D eigenvalue weighted by molar-refractivity contribution is 5.98. The molecule has 2 aromatic heterocycles. The summed E-state index contributed by atoms with van der Waals surface area (Å²) < 4.78 is 19.7. The Kier molecular flexibility index (Phi) is 4.18. The highest BCUT2D eigenvalue weighted by Crippen LogP contribution is 2.32. The highest BCUT2D eigenvalue weighted by atomic mass is 19.1. The Bertz CT molecular complexity index is 1170. The van der Waals surface area contributed by atoms with E-state index in [9.17, 15) is 4.39 Å². The van der Waals surface area contributed by atoms with Crippen LogP contribution in [-0.4, -0.2) is 46.2 Å². The Morgan fingerprint density at radius 1 is 1.14 bits per heavy atom. The van der Waals surface area contributed by atoms with E-state index in [1.807, 2.05) is 6.07 Å². The van der Waals surface area contributed by atoms with E-state index in [0.29, 0.717) is 28.0 Å². The number of fused-ring (bicyclic) bond motifs is 2. The Balaban J connectivity index is 1.52. The molecule has 0 bridgehead atoms. The first-order valence-electron chi connectivity index (χ1n) is 9.31.